The van der Waals surface area contributed by atoms with Crippen LogP contribution >= 0.6 is 11.3 Å². The minimum Gasteiger partial charge on any atom is -0.504 e. The fourth-order valence-corrected chi connectivity index (χ4v) is 3.06. The number of H-pyrrole nitrogens is 1. The Morgan fingerprint density at radius 3 is 2.74 bits per heavy atom. The summed E-state index contributed by atoms with van der Waals surface area (Å²) in [6.45, 7) is 2.05. The average molecular weight is 325 g/mol. The minimum atomic E-state index is -0.257. The van der Waals surface area contributed by atoms with Crippen molar-refractivity contribution >= 4 is 22.9 Å². The lowest BCUT2D eigenvalue weighted by molar-refractivity contribution is 0.104. The Balaban J connectivity index is 1.72. The number of aromatic nitrogens is 3. The Labute approximate surface area is 137 Å². The van der Waals surface area contributed by atoms with Gasteiger partial charge in [0.1, 0.15) is 6.33 Å². The van der Waals surface area contributed by atoms with Crippen LogP contribution in [0.25, 0.3) is 5.76 Å². The van der Waals surface area contributed by atoms with E-state index in [2.05, 4.69) is 46.4 Å². The van der Waals surface area contributed by atoms with Gasteiger partial charge < -0.3 is 5.11 Å². The number of rotatable bonds is 5. The zero-order chi connectivity index (χ0) is 16.2. The van der Waals surface area contributed by atoms with Crippen molar-refractivity contribution < 1.29 is 9.90 Å². The van der Waals surface area contributed by atoms with E-state index in [4.69, 9.17) is 0 Å². The van der Waals surface area contributed by atoms with Crippen LogP contribution in [0.3, 0.4) is 0 Å². The number of aliphatic hydroxyl groups excluding tert-OH is 1. The molecule has 0 unspecified atom stereocenters. The van der Waals surface area contributed by atoms with Crippen LogP contribution in [-0.2, 0) is 6.42 Å². The van der Waals surface area contributed by atoms with Gasteiger partial charge in [0.25, 0.3) is 0 Å². The fourth-order valence-electron chi connectivity index (χ4n) is 2.10. The largest absolute Gasteiger partial charge is 0.504 e. The van der Waals surface area contributed by atoms with Crippen molar-refractivity contribution in [1.82, 2.24) is 15.2 Å². The van der Waals surface area contributed by atoms with E-state index in [9.17, 15) is 9.90 Å². The summed E-state index contributed by atoms with van der Waals surface area (Å²) < 4.78 is 0. The zero-order valence-corrected chi connectivity index (χ0v) is 13.3. The third-order valence-corrected chi connectivity index (χ3v) is 4.42. The van der Waals surface area contributed by atoms with Gasteiger partial charge >= 0.3 is 0 Å². The molecule has 2 heterocycles. The summed E-state index contributed by atoms with van der Waals surface area (Å²) in [6.07, 6.45) is 3.27. The number of allylic oxidation sites excluding steroid dienone is 1. The first-order chi connectivity index (χ1) is 11.1. The van der Waals surface area contributed by atoms with Crippen LogP contribution in [0.5, 0.6) is 0 Å². The Hall–Kier alpha value is -2.73. The number of nitrogens with one attached hydrogen (secondary N) is 1. The van der Waals surface area contributed by atoms with Gasteiger partial charge in [0.2, 0.25) is 5.82 Å². The fraction of sp³-hybridized carbons (Fsp3) is 0.118. The number of aliphatic hydroxyl groups is 1. The molecule has 0 radical (unpaired) electrons. The number of nitrogens with zero attached hydrogens (tertiary/aromatic N) is 2. The first-order valence-corrected chi connectivity index (χ1v) is 7.89. The molecule has 0 atom stereocenters. The molecule has 0 amide bonds. The lowest BCUT2D eigenvalue weighted by Crippen LogP contribution is -1.94. The summed E-state index contributed by atoms with van der Waals surface area (Å²) in [5.74, 6) is -0.396. The molecule has 0 fully saturated rings. The lowest BCUT2D eigenvalue weighted by atomic mass is 10.1. The second-order valence-corrected chi connectivity index (χ2v) is 6.31. The number of aryl methyl sites for hydroxylation is 1. The number of thiophene rings is 1. The van der Waals surface area contributed by atoms with E-state index < -0.39 is 0 Å². The normalized spacial score (nSPS) is 11.6. The number of ketones is 1. The van der Waals surface area contributed by atoms with Crippen LogP contribution < -0.4 is 0 Å². The number of hydrogen-bond acceptors (Lipinski definition) is 5. The first kappa shape index (κ1) is 15.2. The molecule has 2 N–H and O–H groups in total. The van der Waals surface area contributed by atoms with Gasteiger partial charge in [-0.25, -0.2) is 4.98 Å². The van der Waals surface area contributed by atoms with Crippen LogP contribution in [0.4, 0.5) is 0 Å². The average Bonchev–Trinajstić information content (AvgIpc) is 3.21. The molecule has 3 aromatic rings. The summed E-state index contributed by atoms with van der Waals surface area (Å²) in [5.41, 5.74) is 2.43. The van der Waals surface area contributed by atoms with Gasteiger partial charge in [-0.2, -0.15) is 5.10 Å². The summed E-state index contributed by atoms with van der Waals surface area (Å²) in [6, 6.07) is 12.0. The summed E-state index contributed by atoms with van der Waals surface area (Å²) in [7, 11) is 0. The maximum atomic E-state index is 12.2. The second kappa shape index (κ2) is 6.58. The molecule has 0 spiro atoms. The van der Waals surface area contributed by atoms with Gasteiger partial charge in [0, 0.05) is 17.4 Å². The molecule has 0 aliphatic rings. The zero-order valence-electron chi connectivity index (χ0n) is 12.5. The number of carbonyl (C=O) groups excluding carboxylic acids is 1. The molecule has 0 saturated heterocycles. The second-order valence-electron chi connectivity index (χ2n) is 5.14. The van der Waals surface area contributed by atoms with Gasteiger partial charge in [-0.1, -0.05) is 29.8 Å². The van der Waals surface area contributed by atoms with E-state index in [0.717, 1.165) is 17.4 Å². The molecule has 5 nitrogen and oxygen atoms in total. The van der Waals surface area contributed by atoms with Crippen LogP contribution in [0.1, 0.15) is 31.5 Å². The third kappa shape index (κ3) is 3.73. The van der Waals surface area contributed by atoms with Crippen molar-refractivity contribution in [2.45, 2.75) is 13.3 Å². The van der Waals surface area contributed by atoms with E-state index in [1.54, 1.807) is 6.07 Å². The van der Waals surface area contributed by atoms with E-state index >= 15 is 0 Å². The molecule has 1 aromatic carbocycles. The number of aromatic amines is 1. The predicted octanol–water partition coefficient (Wildman–Crippen LogP) is 3.55. The smallest absolute Gasteiger partial charge is 0.215 e. The predicted molar refractivity (Wildman–Crippen MR) is 89.6 cm³/mol. The van der Waals surface area contributed by atoms with Crippen molar-refractivity contribution in [3.05, 3.63) is 75.5 Å². The lowest BCUT2D eigenvalue weighted by Gasteiger charge is -1.99. The molecule has 2 aromatic heterocycles. The van der Waals surface area contributed by atoms with Crippen molar-refractivity contribution in [1.29, 1.82) is 0 Å². The minimum absolute atomic E-state index is 0.106. The van der Waals surface area contributed by atoms with E-state index in [1.807, 2.05) is 6.07 Å². The third-order valence-electron chi connectivity index (χ3n) is 3.32. The topological polar surface area (TPSA) is 78.9 Å². The van der Waals surface area contributed by atoms with Crippen molar-refractivity contribution in [2.24, 2.45) is 0 Å². The SMILES string of the molecule is Cc1ccc(Cc2ccc(C(=O)C=C(O)c3nc[nH]n3)s2)cc1. The van der Waals surface area contributed by atoms with E-state index in [-0.39, 0.29) is 17.4 Å². The first-order valence-electron chi connectivity index (χ1n) is 7.07. The molecule has 0 saturated carbocycles. The van der Waals surface area contributed by atoms with Gasteiger partial charge in [-0.05, 0) is 24.6 Å². The van der Waals surface area contributed by atoms with E-state index in [1.165, 1.54) is 28.8 Å². The Kier molecular flexibility index (Phi) is 4.34. The van der Waals surface area contributed by atoms with Gasteiger partial charge in [-0.3, -0.25) is 9.89 Å². The van der Waals surface area contributed by atoms with Crippen LogP contribution in [0, 0.1) is 6.92 Å². The van der Waals surface area contributed by atoms with Gasteiger partial charge in [-0.15, -0.1) is 11.3 Å². The van der Waals surface area contributed by atoms with Crippen molar-refractivity contribution in [3.63, 3.8) is 0 Å². The standard InChI is InChI=1S/C17H15N3O2S/c1-11-2-4-12(5-3-11)8-13-6-7-16(23-13)14(21)9-15(22)17-18-10-19-20-17/h2-7,9-10,22H,8H2,1H3,(H,18,19,20). The molecule has 3 rings (SSSR count). The number of hydrogen-bond donors (Lipinski definition) is 2. The van der Waals surface area contributed by atoms with E-state index in [0.29, 0.717) is 4.88 Å². The highest BCUT2D eigenvalue weighted by molar-refractivity contribution is 7.14. The molecule has 0 aliphatic heterocycles. The molecular weight excluding hydrogens is 310 g/mol. The van der Waals surface area contributed by atoms with Crippen LogP contribution in [-0.4, -0.2) is 26.1 Å². The summed E-state index contributed by atoms with van der Waals surface area (Å²) in [5, 5.41) is 16.0. The van der Waals surface area contributed by atoms with Crippen molar-refractivity contribution in [3.8, 4) is 0 Å². The molecular formula is C17H15N3O2S. The Morgan fingerprint density at radius 2 is 2.04 bits per heavy atom. The molecule has 116 valence electrons. The van der Waals surface area contributed by atoms with Crippen molar-refractivity contribution in [2.75, 3.05) is 0 Å². The highest BCUT2D eigenvalue weighted by Crippen LogP contribution is 2.21. The molecule has 6 heteroatoms. The monoisotopic (exact) mass is 325 g/mol. The Morgan fingerprint density at radius 1 is 1.26 bits per heavy atom. The summed E-state index contributed by atoms with van der Waals surface area (Å²) >= 11 is 1.43. The quantitative estimate of drug-likeness (QED) is 0.427. The number of carbonyl (C=O) groups is 1. The maximum absolute atomic E-state index is 12.2. The molecule has 0 bridgehead atoms. The number of benzene rings is 1. The van der Waals surface area contributed by atoms with Gasteiger partial charge in [0.15, 0.2) is 11.5 Å². The molecule has 0 aliphatic carbocycles. The highest BCUT2D eigenvalue weighted by atomic mass is 32.1. The highest BCUT2D eigenvalue weighted by Gasteiger charge is 2.11. The van der Waals surface area contributed by atoms with Crippen LogP contribution in [0.15, 0.2) is 48.8 Å². The maximum Gasteiger partial charge on any atom is 0.215 e. The molecule has 23 heavy (non-hydrogen) atoms. The Bertz CT molecular complexity index is 833. The summed E-state index contributed by atoms with van der Waals surface area (Å²) in [4.78, 5) is 17.6. The van der Waals surface area contributed by atoms with Crippen LogP contribution in [0.2, 0.25) is 0 Å². The van der Waals surface area contributed by atoms with Gasteiger partial charge in [0.05, 0.1) is 4.88 Å².